The Labute approximate surface area is 139 Å². The quantitative estimate of drug-likeness (QED) is 0.269. The van der Waals surface area contributed by atoms with E-state index in [2.05, 4.69) is 5.32 Å². The minimum Gasteiger partial charge on any atom is -0.397 e. The van der Waals surface area contributed by atoms with Gasteiger partial charge in [0, 0.05) is 26.2 Å². The first-order valence-electron chi connectivity index (χ1n) is 7.38. The molecule has 0 aromatic heterocycles. The zero-order chi connectivity index (χ0) is 18.4. The van der Waals surface area contributed by atoms with Gasteiger partial charge in [-0.15, -0.1) is 0 Å². The van der Waals surface area contributed by atoms with Crippen molar-refractivity contribution in [1.82, 2.24) is 0 Å². The van der Waals surface area contributed by atoms with E-state index in [9.17, 15) is 25.2 Å². The van der Waals surface area contributed by atoms with Crippen LogP contribution in [0.25, 0.3) is 0 Å². The smallest absolute Gasteiger partial charge is 0.221 e. The highest BCUT2D eigenvalue weighted by Gasteiger charge is 2.30. The lowest BCUT2D eigenvalue weighted by atomic mass is 10.0. The molecule has 1 rings (SSSR count). The van der Waals surface area contributed by atoms with Gasteiger partial charge in [-0.1, -0.05) is 0 Å². The number of anilines is 3. The fourth-order valence-electron chi connectivity index (χ4n) is 2.14. The van der Waals surface area contributed by atoms with E-state index in [1.807, 2.05) is 0 Å². The van der Waals surface area contributed by atoms with Crippen LogP contribution in [0, 0.1) is 0 Å². The van der Waals surface area contributed by atoms with E-state index in [4.69, 9.17) is 10.8 Å². The fraction of sp³-hybridized carbons (Fsp3) is 0.533. The summed E-state index contributed by atoms with van der Waals surface area (Å²) < 4.78 is 0. The lowest BCUT2D eigenvalue weighted by molar-refractivity contribution is -0.114. The van der Waals surface area contributed by atoms with E-state index < -0.39 is 31.0 Å². The van der Waals surface area contributed by atoms with Crippen molar-refractivity contribution in [2.45, 2.75) is 31.3 Å². The number of carbonyl (C=O) groups excluding carboxylic acids is 1. The van der Waals surface area contributed by atoms with Crippen LogP contribution in [0.3, 0.4) is 0 Å². The molecule has 1 amide bonds. The summed E-state index contributed by atoms with van der Waals surface area (Å²) in [6.45, 7) is 0.544. The molecular weight excluding hydrogens is 318 g/mol. The second-order valence-electron chi connectivity index (χ2n) is 5.63. The van der Waals surface area contributed by atoms with Gasteiger partial charge >= 0.3 is 0 Å². The zero-order valence-electron chi connectivity index (χ0n) is 13.6. The molecule has 4 unspecified atom stereocenters. The third kappa shape index (κ3) is 5.32. The molecule has 0 heterocycles. The number of nitrogens with zero attached hydrogens (tertiary/aromatic N) is 1. The highest BCUT2D eigenvalue weighted by Crippen LogP contribution is 2.25. The van der Waals surface area contributed by atoms with Gasteiger partial charge in [0.05, 0.1) is 24.1 Å². The molecule has 9 heteroatoms. The molecule has 8 N–H and O–H groups in total. The van der Waals surface area contributed by atoms with Crippen LogP contribution in [0.2, 0.25) is 0 Å². The summed E-state index contributed by atoms with van der Waals surface area (Å²) in [6.07, 6.45) is -6.26. The molecule has 0 aliphatic carbocycles. The molecule has 0 spiro atoms. The Morgan fingerprint density at radius 1 is 1.21 bits per heavy atom. The Kier molecular flexibility index (Phi) is 7.39. The highest BCUT2D eigenvalue weighted by atomic mass is 16.4. The van der Waals surface area contributed by atoms with Crippen LogP contribution in [0.4, 0.5) is 17.1 Å². The topological polar surface area (TPSA) is 160 Å². The van der Waals surface area contributed by atoms with E-state index >= 15 is 0 Å². The Morgan fingerprint density at radius 2 is 1.79 bits per heavy atom. The second kappa shape index (κ2) is 8.81. The SMILES string of the molecule is CC(=O)Nc1cc(N(C)CC(O)C(O)C(O)C(O)CO)ccc1N. The minimum absolute atomic E-state index is 0.0696. The molecule has 1 aromatic rings. The van der Waals surface area contributed by atoms with E-state index in [-0.39, 0.29) is 12.5 Å². The summed E-state index contributed by atoms with van der Waals surface area (Å²) in [4.78, 5) is 12.7. The van der Waals surface area contributed by atoms with Gasteiger partial charge in [-0.3, -0.25) is 4.79 Å². The molecular formula is C15H25N3O6. The largest absolute Gasteiger partial charge is 0.397 e. The molecule has 1 aromatic carbocycles. The number of nitrogens with one attached hydrogen (secondary N) is 1. The minimum atomic E-state index is -1.68. The number of rotatable bonds is 8. The van der Waals surface area contributed by atoms with Crippen molar-refractivity contribution >= 4 is 23.0 Å². The van der Waals surface area contributed by atoms with Gasteiger partial charge in [0.15, 0.2) is 0 Å². The standard InChI is InChI=1S/C15H25N3O6/c1-8(20)17-11-5-9(3-4-10(11)16)18(2)6-12(21)14(23)15(24)13(22)7-19/h3-5,12-15,19,21-24H,6-7,16H2,1-2H3,(H,17,20). The van der Waals surface area contributed by atoms with E-state index in [0.717, 1.165) is 0 Å². The summed E-state index contributed by atoms with van der Waals surface area (Å²) in [6, 6.07) is 4.86. The number of aliphatic hydroxyl groups excluding tert-OH is 5. The van der Waals surface area contributed by atoms with Crippen LogP contribution in [0.1, 0.15) is 6.92 Å². The van der Waals surface area contributed by atoms with Crippen molar-refractivity contribution in [3.05, 3.63) is 18.2 Å². The predicted molar refractivity (Wildman–Crippen MR) is 89.5 cm³/mol. The summed E-state index contributed by atoms with van der Waals surface area (Å²) in [5.74, 6) is -0.280. The molecule has 9 nitrogen and oxygen atoms in total. The zero-order valence-corrected chi connectivity index (χ0v) is 13.6. The summed E-state index contributed by atoms with van der Waals surface area (Å²) in [5, 5.41) is 50.1. The normalized spacial score (nSPS) is 16.1. The third-order valence-corrected chi connectivity index (χ3v) is 3.57. The molecule has 0 radical (unpaired) electrons. The van der Waals surface area contributed by atoms with Gasteiger partial charge in [-0.05, 0) is 18.2 Å². The first-order valence-corrected chi connectivity index (χ1v) is 7.38. The van der Waals surface area contributed by atoms with Crippen LogP contribution in [-0.2, 0) is 4.79 Å². The maximum atomic E-state index is 11.2. The van der Waals surface area contributed by atoms with Crippen molar-refractivity contribution in [1.29, 1.82) is 0 Å². The lowest BCUT2D eigenvalue weighted by Gasteiger charge is -2.29. The molecule has 0 fully saturated rings. The molecule has 0 aliphatic heterocycles. The number of aliphatic hydroxyl groups is 5. The third-order valence-electron chi connectivity index (χ3n) is 3.57. The molecule has 136 valence electrons. The Hall–Kier alpha value is -1.91. The maximum Gasteiger partial charge on any atom is 0.221 e. The van der Waals surface area contributed by atoms with Crippen molar-refractivity contribution in [2.24, 2.45) is 0 Å². The molecule has 0 saturated carbocycles. The summed E-state index contributed by atoms with van der Waals surface area (Å²) in [5.41, 5.74) is 7.17. The van der Waals surface area contributed by atoms with Crippen molar-refractivity contribution in [2.75, 3.05) is 36.1 Å². The van der Waals surface area contributed by atoms with E-state index in [1.54, 1.807) is 30.1 Å². The van der Waals surface area contributed by atoms with Crippen LogP contribution in [0.5, 0.6) is 0 Å². The average Bonchev–Trinajstić information content (AvgIpc) is 2.53. The Balaban J connectivity index is 2.80. The monoisotopic (exact) mass is 343 g/mol. The van der Waals surface area contributed by atoms with Crippen LogP contribution >= 0.6 is 0 Å². The number of hydrogen-bond donors (Lipinski definition) is 7. The first kappa shape index (κ1) is 20.1. The van der Waals surface area contributed by atoms with Gasteiger partial charge in [-0.2, -0.15) is 0 Å². The first-order chi connectivity index (χ1) is 11.2. The van der Waals surface area contributed by atoms with Crippen molar-refractivity contribution in [3.8, 4) is 0 Å². The van der Waals surface area contributed by atoms with Crippen molar-refractivity contribution < 1.29 is 30.3 Å². The highest BCUT2D eigenvalue weighted by molar-refractivity contribution is 5.93. The number of likely N-dealkylation sites (N-methyl/N-ethyl adjacent to an activating group) is 1. The number of benzene rings is 1. The van der Waals surface area contributed by atoms with E-state index in [0.29, 0.717) is 17.1 Å². The van der Waals surface area contributed by atoms with Gasteiger partial charge in [0.1, 0.15) is 18.3 Å². The summed E-state index contributed by atoms with van der Waals surface area (Å²) in [7, 11) is 1.63. The van der Waals surface area contributed by atoms with Crippen LogP contribution in [-0.4, -0.2) is 76.1 Å². The Morgan fingerprint density at radius 3 is 2.33 bits per heavy atom. The molecule has 0 aliphatic rings. The maximum absolute atomic E-state index is 11.2. The van der Waals surface area contributed by atoms with Crippen molar-refractivity contribution in [3.63, 3.8) is 0 Å². The Bertz CT molecular complexity index is 556. The fourth-order valence-corrected chi connectivity index (χ4v) is 2.14. The second-order valence-corrected chi connectivity index (χ2v) is 5.63. The molecule has 0 saturated heterocycles. The van der Waals surface area contributed by atoms with Crippen LogP contribution in [0.15, 0.2) is 18.2 Å². The van der Waals surface area contributed by atoms with Gasteiger partial charge in [0.2, 0.25) is 5.91 Å². The van der Waals surface area contributed by atoms with Crippen LogP contribution < -0.4 is 16.0 Å². The number of amides is 1. The van der Waals surface area contributed by atoms with E-state index in [1.165, 1.54) is 6.92 Å². The predicted octanol–water partition coefficient (Wildman–Crippen LogP) is -1.90. The molecule has 0 bridgehead atoms. The lowest BCUT2D eigenvalue weighted by Crippen LogP contribution is -2.49. The molecule has 4 atom stereocenters. The van der Waals surface area contributed by atoms with Gasteiger partial charge in [-0.25, -0.2) is 0 Å². The number of hydrogen-bond acceptors (Lipinski definition) is 8. The average molecular weight is 343 g/mol. The molecule has 24 heavy (non-hydrogen) atoms. The number of carbonyl (C=O) groups is 1. The summed E-state index contributed by atoms with van der Waals surface area (Å²) >= 11 is 0. The number of nitrogens with two attached hydrogens (primary N) is 1. The van der Waals surface area contributed by atoms with Gasteiger partial charge < -0.3 is 41.5 Å². The van der Waals surface area contributed by atoms with Gasteiger partial charge in [0.25, 0.3) is 0 Å². The number of nitrogen functional groups attached to an aromatic ring is 1.